The molecule has 0 radical (unpaired) electrons. The number of carboxylic acid groups (broad SMARTS) is 1. The largest absolute Gasteiger partial charge is 0.480 e. The average Bonchev–Trinajstić information content (AvgIpc) is 2.14. The lowest BCUT2D eigenvalue weighted by Crippen LogP contribution is -2.51. The van der Waals surface area contributed by atoms with Gasteiger partial charge in [-0.1, -0.05) is 0 Å². The Labute approximate surface area is 105 Å². The van der Waals surface area contributed by atoms with Gasteiger partial charge in [0.15, 0.2) is 0 Å². The van der Waals surface area contributed by atoms with Gasteiger partial charge in [0.05, 0.1) is 0 Å². The van der Waals surface area contributed by atoms with Gasteiger partial charge in [-0.2, -0.15) is 13.2 Å². The lowest BCUT2D eigenvalue weighted by atomic mass is 9.94. The predicted octanol–water partition coefficient (Wildman–Crippen LogP) is 1.71. The zero-order valence-electron chi connectivity index (χ0n) is 11.0. The first-order chi connectivity index (χ1) is 8.07. The highest BCUT2D eigenvalue weighted by molar-refractivity contribution is 5.78. The van der Waals surface area contributed by atoms with Crippen LogP contribution in [0.1, 0.15) is 26.2 Å². The fourth-order valence-corrected chi connectivity index (χ4v) is 1.47. The van der Waals surface area contributed by atoms with Crippen LogP contribution >= 0.6 is 0 Å². The van der Waals surface area contributed by atoms with Crippen molar-refractivity contribution in [3.8, 4) is 0 Å². The van der Waals surface area contributed by atoms with E-state index in [1.165, 1.54) is 6.92 Å². The highest BCUT2D eigenvalue weighted by Gasteiger charge is 2.34. The number of alkyl halides is 3. The van der Waals surface area contributed by atoms with Gasteiger partial charge < -0.3 is 15.3 Å². The van der Waals surface area contributed by atoms with E-state index >= 15 is 0 Å². The first-order valence-corrected chi connectivity index (χ1v) is 5.77. The number of aliphatic carboxylic acids is 1. The molecule has 0 aromatic rings. The van der Waals surface area contributed by atoms with Gasteiger partial charge in [0, 0.05) is 19.5 Å². The Balaban J connectivity index is 4.22. The van der Waals surface area contributed by atoms with Crippen molar-refractivity contribution in [1.82, 2.24) is 10.2 Å². The summed E-state index contributed by atoms with van der Waals surface area (Å²) in [4.78, 5) is 13.0. The van der Waals surface area contributed by atoms with Crippen molar-refractivity contribution in [1.29, 1.82) is 0 Å². The summed E-state index contributed by atoms with van der Waals surface area (Å²) in [6, 6.07) is 0. The lowest BCUT2D eigenvalue weighted by Gasteiger charge is -2.27. The zero-order chi connectivity index (χ0) is 14.4. The number of halogens is 3. The van der Waals surface area contributed by atoms with Gasteiger partial charge in [0.1, 0.15) is 5.54 Å². The molecule has 0 saturated heterocycles. The molecule has 2 N–H and O–H groups in total. The lowest BCUT2D eigenvalue weighted by molar-refractivity contribution is -0.147. The number of hydrogen-bond acceptors (Lipinski definition) is 3. The molecule has 7 heteroatoms. The molecule has 0 heterocycles. The van der Waals surface area contributed by atoms with Gasteiger partial charge in [-0.05, 0) is 33.9 Å². The van der Waals surface area contributed by atoms with Crippen molar-refractivity contribution in [2.45, 2.75) is 37.9 Å². The van der Waals surface area contributed by atoms with Gasteiger partial charge in [0.2, 0.25) is 0 Å². The molecule has 0 spiro atoms. The third-order valence-electron chi connectivity index (χ3n) is 2.68. The van der Waals surface area contributed by atoms with Crippen LogP contribution in [0.2, 0.25) is 0 Å². The fourth-order valence-electron chi connectivity index (χ4n) is 1.47. The summed E-state index contributed by atoms with van der Waals surface area (Å²) >= 11 is 0. The maximum absolute atomic E-state index is 12.0. The maximum Gasteiger partial charge on any atom is 0.389 e. The van der Waals surface area contributed by atoms with Crippen LogP contribution in [0, 0.1) is 0 Å². The maximum atomic E-state index is 12.0. The molecule has 0 aromatic heterocycles. The summed E-state index contributed by atoms with van der Waals surface area (Å²) in [6.07, 6.45) is -5.43. The van der Waals surface area contributed by atoms with Crippen LogP contribution in [0.25, 0.3) is 0 Å². The standard InChI is InChI=1S/C11H21F3N2O2/c1-10(9(17)18,15-7-8-16(2)3)5-4-6-11(12,13)14/h15H,4-8H2,1-3H3,(H,17,18). The number of hydrogen-bond donors (Lipinski definition) is 2. The number of likely N-dealkylation sites (N-methyl/N-ethyl adjacent to an activating group) is 1. The minimum absolute atomic E-state index is 0.0464. The molecule has 0 aliphatic carbocycles. The summed E-state index contributed by atoms with van der Waals surface area (Å²) in [5.41, 5.74) is -1.30. The Morgan fingerprint density at radius 1 is 1.28 bits per heavy atom. The van der Waals surface area contributed by atoms with E-state index in [1.807, 2.05) is 19.0 Å². The van der Waals surface area contributed by atoms with E-state index in [2.05, 4.69) is 5.32 Å². The second-order valence-corrected chi connectivity index (χ2v) is 4.84. The van der Waals surface area contributed by atoms with Gasteiger partial charge in [-0.3, -0.25) is 4.79 Å². The minimum atomic E-state index is -4.23. The second-order valence-electron chi connectivity index (χ2n) is 4.84. The zero-order valence-corrected chi connectivity index (χ0v) is 11.0. The topological polar surface area (TPSA) is 52.6 Å². The number of nitrogens with one attached hydrogen (secondary N) is 1. The first kappa shape index (κ1) is 17.2. The average molecular weight is 270 g/mol. The van der Waals surface area contributed by atoms with E-state index in [0.717, 1.165) is 0 Å². The monoisotopic (exact) mass is 270 g/mol. The molecule has 108 valence electrons. The third-order valence-corrected chi connectivity index (χ3v) is 2.68. The molecule has 0 aliphatic rings. The Morgan fingerprint density at radius 2 is 1.83 bits per heavy atom. The smallest absolute Gasteiger partial charge is 0.389 e. The molecular weight excluding hydrogens is 249 g/mol. The molecule has 0 fully saturated rings. The molecule has 0 aromatic carbocycles. The van der Waals surface area contributed by atoms with Crippen LogP contribution in [-0.4, -0.2) is 54.9 Å². The summed E-state index contributed by atoms with van der Waals surface area (Å²) in [5.74, 6) is -1.12. The van der Waals surface area contributed by atoms with Crippen molar-refractivity contribution >= 4 is 5.97 Å². The molecule has 0 bridgehead atoms. The normalized spacial score (nSPS) is 15.7. The molecule has 0 aliphatic heterocycles. The van der Waals surface area contributed by atoms with Crippen LogP contribution in [0.5, 0.6) is 0 Å². The van der Waals surface area contributed by atoms with E-state index < -0.39 is 24.1 Å². The second kappa shape index (κ2) is 6.94. The predicted molar refractivity (Wildman–Crippen MR) is 62.5 cm³/mol. The van der Waals surface area contributed by atoms with E-state index in [-0.39, 0.29) is 12.8 Å². The van der Waals surface area contributed by atoms with Gasteiger partial charge >= 0.3 is 12.1 Å². The Hall–Kier alpha value is -0.820. The Morgan fingerprint density at radius 3 is 2.22 bits per heavy atom. The molecule has 1 unspecified atom stereocenters. The molecule has 0 saturated carbocycles. The highest BCUT2D eigenvalue weighted by atomic mass is 19.4. The minimum Gasteiger partial charge on any atom is -0.480 e. The third kappa shape index (κ3) is 7.50. The number of carbonyl (C=O) groups is 1. The Kier molecular flexibility index (Phi) is 6.62. The first-order valence-electron chi connectivity index (χ1n) is 5.77. The molecular formula is C11H21F3N2O2. The molecule has 0 amide bonds. The molecule has 18 heavy (non-hydrogen) atoms. The van der Waals surface area contributed by atoms with Crippen molar-refractivity contribution in [2.75, 3.05) is 27.2 Å². The SMILES string of the molecule is CN(C)CCNC(C)(CCCC(F)(F)F)C(=O)O. The van der Waals surface area contributed by atoms with Gasteiger partial charge in [-0.15, -0.1) is 0 Å². The van der Waals surface area contributed by atoms with E-state index in [9.17, 15) is 18.0 Å². The van der Waals surface area contributed by atoms with Crippen molar-refractivity contribution in [3.63, 3.8) is 0 Å². The molecule has 4 nitrogen and oxygen atoms in total. The summed E-state index contributed by atoms with van der Waals surface area (Å²) in [7, 11) is 3.67. The summed E-state index contributed by atoms with van der Waals surface area (Å²) in [5, 5.41) is 11.9. The van der Waals surface area contributed by atoms with Crippen molar-refractivity contribution in [2.24, 2.45) is 0 Å². The van der Waals surface area contributed by atoms with Crippen molar-refractivity contribution < 1.29 is 23.1 Å². The summed E-state index contributed by atoms with van der Waals surface area (Å²) < 4.78 is 36.0. The summed E-state index contributed by atoms with van der Waals surface area (Å²) in [6.45, 7) is 2.46. The number of rotatable bonds is 8. The number of nitrogens with zero attached hydrogens (tertiary/aromatic N) is 1. The molecule has 0 rings (SSSR count). The van der Waals surface area contributed by atoms with Crippen LogP contribution in [0.4, 0.5) is 13.2 Å². The fraction of sp³-hybridized carbons (Fsp3) is 0.909. The quantitative estimate of drug-likeness (QED) is 0.705. The van der Waals surface area contributed by atoms with E-state index in [0.29, 0.717) is 13.1 Å². The molecule has 1 atom stereocenters. The Bertz CT molecular complexity index is 270. The van der Waals surface area contributed by atoms with E-state index in [1.54, 1.807) is 0 Å². The van der Waals surface area contributed by atoms with Crippen molar-refractivity contribution in [3.05, 3.63) is 0 Å². The van der Waals surface area contributed by atoms with Crippen LogP contribution in [0.15, 0.2) is 0 Å². The van der Waals surface area contributed by atoms with Crippen LogP contribution in [0.3, 0.4) is 0 Å². The highest BCUT2D eigenvalue weighted by Crippen LogP contribution is 2.25. The van der Waals surface area contributed by atoms with Crippen LogP contribution in [-0.2, 0) is 4.79 Å². The van der Waals surface area contributed by atoms with Gasteiger partial charge in [-0.25, -0.2) is 0 Å². The number of carboxylic acids is 1. The van der Waals surface area contributed by atoms with Gasteiger partial charge in [0.25, 0.3) is 0 Å². The van der Waals surface area contributed by atoms with E-state index in [4.69, 9.17) is 5.11 Å². The van der Waals surface area contributed by atoms with Crippen LogP contribution < -0.4 is 5.32 Å².